The minimum absolute atomic E-state index is 0.0543. The van der Waals surface area contributed by atoms with Gasteiger partial charge in [0.15, 0.2) is 0 Å². The summed E-state index contributed by atoms with van der Waals surface area (Å²) in [5.74, 6) is 0.838. The molecule has 1 amide bonds. The van der Waals surface area contributed by atoms with Crippen molar-refractivity contribution in [1.29, 1.82) is 0 Å². The van der Waals surface area contributed by atoms with E-state index in [1.807, 2.05) is 29.2 Å². The predicted octanol–water partition coefficient (Wildman–Crippen LogP) is 3.22. The Labute approximate surface area is 155 Å². The Bertz CT molecular complexity index is 674. The lowest BCUT2D eigenvalue weighted by molar-refractivity contribution is -0.0893. The molecule has 1 saturated heterocycles. The zero-order valence-corrected chi connectivity index (χ0v) is 16.0. The highest BCUT2D eigenvalue weighted by Gasteiger charge is 2.52. The summed E-state index contributed by atoms with van der Waals surface area (Å²) >= 11 is 0. The van der Waals surface area contributed by atoms with Gasteiger partial charge in [-0.15, -0.1) is 6.58 Å². The van der Waals surface area contributed by atoms with E-state index in [9.17, 15) is 4.79 Å². The molecular weight excluding hydrogens is 330 g/mol. The van der Waals surface area contributed by atoms with E-state index in [2.05, 4.69) is 6.58 Å². The average Bonchev–Trinajstić information content (AvgIpc) is 3.06. The Kier molecular flexibility index (Phi) is 5.68. The fraction of sp³-hybridized carbons (Fsp3) is 0.571. The van der Waals surface area contributed by atoms with E-state index in [1.54, 1.807) is 21.3 Å². The molecule has 26 heavy (non-hydrogen) atoms. The molecule has 5 nitrogen and oxygen atoms in total. The molecule has 1 heterocycles. The van der Waals surface area contributed by atoms with Gasteiger partial charge in [0, 0.05) is 26.3 Å². The number of fused-ring (bicyclic) bond motifs is 1. The Hall–Kier alpha value is -1.85. The number of amides is 1. The number of hydrogen-bond donors (Lipinski definition) is 0. The number of likely N-dealkylation sites (tertiary alicyclic amines) is 1. The van der Waals surface area contributed by atoms with Crippen molar-refractivity contribution in [2.45, 2.75) is 49.9 Å². The van der Waals surface area contributed by atoms with Gasteiger partial charge in [-0.1, -0.05) is 6.08 Å². The van der Waals surface area contributed by atoms with Crippen molar-refractivity contribution in [3.05, 3.63) is 42.0 Å². The lowest BCUT2D eigenvalue weighted by atomic mass is 9.79. The van der Waals surface area contributed by atoms with Gasteiger partial charge >= 0.3 is 0 Å². The highest BCUT2D eigenvalue weighted by atomic mass is 16.5. The van der Waals surface area contributed by atoms with Crippen LogP contribution in [-0.4, -0.2) is 56.4 Å². The zero-order valence-electron chi connectivity index (χ0n) is 16.0. The average molecular weight is 359 g/mol. The highest BCUT2D eigenvalue weighted by molar-refractivity contribution is 5.95. The molecule has 2 aliphatic rings. The summed E-state index contributed by atoms with van der Waals surface area (Å²) in [5, 5.41) is 0. The summed E-state index contributed by atoms with van der Waals surface area (Å²) in [4.78, 5) is 15.3. The Morgan fingerprint density at radius 1 is 1.35 bits per heavy atom. The Morgan fingerprint density at radius 3 is 2.81 bits per heavy atom. The number of allylic oxidation sites excluding steroid dienone is 1. The fourth-order valence-electron chi connectivity index (χ4n) is 4.51. The molecule has 1 saturated carbocycles. The van der Waals surface area contributed by atoms with Gasteiger partial charge in [0.2, 0.25) is 0 Å². The standard InChI is InChI=1S/C21H29NO4/c1-5-6-15-13-16(7-8-18(15)25-3)20(23)22-12-11-21(26-4)10-9-17(24-2)14-19(21)22/h5,7-8,13,17,19H,1,6,9-12,14H2,2-4H3/t17-,19-,21+/m0/s1. The van der Waals surface area contributed by atoms with Crippen molar-refractivity contribution >= 4 is 5.91 Å². The molecule has 5 heteroatoms. The molecule has 0 N–H and O–H groups in total. The summed E-state index contributed by atoms with van der Waals surface area (Å²) in [7, 11) is 5.16. The van der Waals surface area contributed by atoms with Crippen LogP contribution in [0.1, 0.15) is 41.6 Å². The van der Waals surface area contributed by atoms with Crippen LogP contribution in [0.5, 0.6) is 5.75 Å². The largest absolute Gasteiger partial charge is 0.496 e. The van der Waals surface area contributed by atoms with Gasteiger partial charge in [0.1, 0.15) is 5.75 Å². The molecule has 0 bridgehead atoms. The van der Waals surface area contributed by atoms with Gasteiger partial charge in [0.25, 0.3) is 5.91 Å². The van der Waals surface area contributed by atoms with Crippen LogP contribution in [0.4, 0.5) is 0 Å². The maximum Gasteiger partial charge on any atom is 0.254 e. The lowest BCUT2D eigenvalue weighted by Crippen LogP contribution is -2.53. The summed E-state index contributed by atoms with van der Waals surface area (Å²) in [5.41, 5.74) is 1.43. The molecule has 142 valence electrons. The first-order valence-electron chi connectivity index (χ1n) is 9.25. The van der Waals surface area contributed by atoms with Crippen LogP contribution >= 0.6 is 0 Å². The minimum atomic E-state index is -0.235. The van der Waals surface area contributed by atoms with E-state index < -0.39 is 0 Å². The summed E-state index contributed by atoms with van der Waals surface area (Å²) in [6.07, 6.45) is 6.29. The number of rotatable bonds is 6. The first-order valence-corrected chi connectivity index (χ1v) is 9.25. The number of methoxy groups -OCH3 is 3. The first kappa shape index (κ1) is 18.9. The molecular formula is C21H29NO4. The second kappa shape index (κ2) is 7.80. The quantitative estimate of drug-likeness (QED) is 0.732. The maximum atomic E-state index is 13.3. The third kappa shape index (κ3) is 3.26. The molecule has 1 aliphatic heterocycles. The van der Waals surface area contributed by atoms with Crippen LogP contribution in [0.15, 0.2) is 30.9 Å². The fourth-order valence-corrected chi connectivity index (χ4v) is 4.51. The summed E-state index contributed by atoms with van der Waals surface area (Å²) in [6, 6.07) is 5.69. The van der Waals surface area contributed by atoms with Gasteiger partial charge in [-0.2, -0.15) is 0 Å². The SMILES string of the molecule is C=CCc1cc(C(=O)N2CC[C@]3(OC)CC[C@H](OC)C[C@H]23)ccc1OC. The number of nitrogens with zero attached hydrogens (tertiary/aromatic N) is 1. The molecule has 1 aromatic rings. The van der Waals surface area contributed by atoms with E-state index in [0.717, 1.165) is 43.5 Å². The minimum Gasteiger partial charge on any atom is -0.496 e. The van der Waals surface area contributed by atoms with Crippen molar-refractivity contribution in [2.24, 2.45) is 0 Å². The molecule has 3 rings (SSSR count). The summed E-state index contributed by atoms with van der Waals surface area (Å²) in [6.45, 7) is 4.51. The third-order valence-corrected chi connectivity index (χ3v) is 6.03. The molecule has 2 fully saturated rings. The molecule has 0 radical (unpaired) electrons. The van der Waals surface area contributed by atoms with Gasteiger partial charge in [-0.3, -0.25) is 4.79 Å². The van der Waals surface area contributed by atoms with E-state index in [4.69, 9.17) is 14.2 Å². The van der Waals surface area contributed by atoms with Gasteiger partial charge in [-0.25, -0.2) is 0 Å². The van der Waals surface area contributed by atoms with Crippen molar-refractivity contribution < 1.29 is 19.0 Å². The second-order valence-electron chi connectivity index (χ2n) is 7.18. The molecule has 1 aliphatic carbocycles. The van der Waals surface area contributed by atoms with Crippen LogP contribution in [0.3, 0.4) is 0 Å². The van der Waals surface area contributed by atoms with Crippen LogP contribution in [0.2, 0.25) is 0 Å². The monoisotopic (exact) mass is 359 g/mol. The van der Waals surface area contributed by atoms with Crippen molar-refractivity contribution in [3.63, 3.8) is 0 Å². The highest BCUT2D eigenvalue weighted by Crippen LogP contribution is 2.43. The van der Waals surface area contributed by atoms with E-state index in [0.29, 0.717) is 12.0 Å². The van der Waals surface area contributed by atoms with Crippen LogP contribution in [-0.2, 0) is 15.9 Å². The van der Waals surface area contributed by atoms with Crippen LogP contribution < -0.4 is 4.74 Å². The Morgan fingerprint density at radius 2 is 2.15 bits per heavy atom. The number of hydrogen-bond acceptors (Lipinski definition) is 4. The van der Waals surface area contributed by atoms with Gasteiger partial charge < -0.3 is 19.1 Å². The van der Waals surface area contributed by atoms with E-state index in [1.165, 1.54) is 0 Å². The topological polar surface area (TPSA) is 48.0 Å². The zero-order chi connectivity index (χ0) is 18.7. The Balaban J connectivity index is 1.87. The molecule has 1 aromatic carbocycles. The van der Waals surface area contributed by atoms with Crippen molar-refractivity contribution in [2.75, 3.05) is 27.9 Å². The predicted molar refractivity (Wildman–Crippen MR) is 101 cm³/mol. The normalized spacial score (nSPS) is 27.9. The second-order valence-corrected chi connectivity index (χ2v) is 7.18. The van der Waals surface area contributed by atoms with Gasteiger partial charge in [0.05, 0.1) is 24.9 Å². The number of carbonyl (C=O) groups excluding carboxylic acids is 1. The van der Waals surface area contributed by atoms with Crippen LogP contribution in [0.25, 0.3) is 0 Å². The first-order chi connectivity index (χ1) is 12.6. The third-order valence-electron chi connectivity index (χ3n) is 6.03. The van der Waals surface area contributed by atoms with E-state index in [-0.39, 0.29) is 23.7 Å². The summed E-state index contributed by atoms with van der Waals surface area (Å²) < 4.78 is 16.9. The molecule has 3 atom stereocenters. The number of ether oxygens (including phenoxy) is 3. The van der Waals surface area contributed by atoms with Crippen molar-refractivity contribution in [1.82, 2.24) is 4.90 Å². The van der Waals surface area contributed by atoms with Crippen molar-refractivity contribution in [3.8, 4) is 5.75 Å². The smallest absolute Gasteiger partial charge is 0.254 e. The number of benzene rings is 1. The molecule has 0 unspecified atom stereocenters. The van der Waals surface area contributed by atoms with E-state index >= 15 is 0 Å². The molecule has 0 spiro atoms. The van der Waals surface area contributed by atoms with Crippen LogP contribution in [0, 0.1) is 0 Å². The lowest BCUT2D eigenvalue weighted by Gasteiger charge is -2.43. The number of carbonyl (C=O) groups is 1. The van der Waals surface area contributed by atoms with Gasteiger partial charge in [-0.05, 0) is 55.9 Å². The molecule has 0 aromatic heterocycles. The maximum absolute atomic E-state index is 13.3.